The zero-order valence-corrected chi connectivity index (χ0v) is 13.2. The Labute approximate surface area is 122 Å². The molecule has 0 unspecified atom stereocenters. The summed E-state index contributed by atoms with van der Waals surface area (Å²) >= 11 is 0. The Morgan fingerprint density at radius 2 is 1.85 bits per heavy atom. The van der Waals surface area contributed by atoms with Crippen LogP contribution in [-0.2, 0) is 4.74 Å². The average Bonchev–Trinajstić information content (AvgIpc) is 2.50. The smallest absolute Gasteiger partial charge is 0.164 e. The van der Waals surface area contributed by atoms with E-state index in [1.54, 1.807) is 7.11 Å². The lowest BCUT2D eigenvalue weighted by molar-refractivity contribution is 0.0988. The maximum absolute atomic E-state index is 12.2. The number of hydrogen-bond donors (Lipinski definition) is 0. The highest BCUT2D eigenvalue weighted by Gasteiger charge is 2.20. The van der Waals surface area contributed by atoms with Gasteiger partial charge in [-0.05, 0) is 25.0 Å². The zero-order valence-electron chi connectivity index (χ0n) is 13.2. The minimum absolute atomic E-state index is 0.203. The fourth-order valence-corrected chi connectivity index (χ4v) is 2.57. The van der Waals surface area contributed by atoms with Gasteiger partial charge in [0.1, 0.15) is 0 Å². The number of para-hydroxylation sites is 1. The predicted molar refractivity (Wildman–Crippen MR) is 84.7 cm³/mol. The predicted octanol–water partition coefficient (Wildman–Crippen LogP) is 3.92. The molecule has 0 fully saturated rings. The van der Waals surface area contributed by atoms with E-state index in [2.05, 4.69) is 24.8 Å². The van der Waals surface area contributed by atoms with E-state index in [-0.39, 0.29) is 5.78 Å². The van der Waals surface area contributed by atoms with Crippen LogP contribution in [0.5, 0.6) is 0 Å². The van der Waals surface area contributed by atoms with Crippen molar-refractivity contribution in [2.75, 3.05) is 25.2 Å². The summed E-state index contributed by atoms with van der Waals surface area (Å²) in [6, 6.07) is 8.37. The summed E-state index contributed by atoms with van der Waals surface area (Å²) in [5.41, 5.74) is 1.88. The molecule has 3 nitrogen and oxygen atoms in total. The molecule has 1 aromatic rings. The van der Waals surface area contributed by atoms with Crippen molar-refractivity contribution < 1.29 is 9.53 Å². The van der Waals surface area contributed by atoms with Gasteiger partial charge >= 0.3 is 0 Å². The fourth-order valence-electron chi connectivity index (χ4n) is 2.57. The second-order valence-corrected chi connectivity index (χ2v) is 4.95. The molecule has 0 spiro atoms. The molecule has 1 aromatic carbocycles. The minimum atomic E-state index is 0.203. The minimum Gasteiger partial charge on any atom is -0.383 e. The molecule has 0 aliphatic heterocycles. The highest BCUT2D eigenvalue weighted by atomic mass is 16.5. The number of methoxy groups -OCH3 is 1. The molecule has 0 N–H and O–H groups in total. The molecule has 0 bridgehead atoms. The number of carbonyl (C=O) groups is 1. The first-order chi connectivity index (χ1) is 9.69. The number of Topliss-reactive ketones (excluding diaryl/α,β-unsaturated/α-hetero) is 1. The first-order valence-corrected chi connectivity index (χ1v) is 7.57. The van der Waals surface area contributed by atoms with Crippen LogP contribution >= 0.6 is 0 Å². The van der Waals surface area contributed by atoms with Crippen molar-refractivity contribution >= 4 is 11.5 Å². The summed E-state index contributed by atoms with van der Waals surface area (Å²) in [6.45, 7) is 7.79. The van der Waals surface area contributed by atoms with Crippen molar-refractivity contribution in [2.45, 2.75) is 46.1 Å². The topological polar surface area (TPSA) is 29.5 Å². The maximum Gasteiger partial charge on any atom is 0.164 e. The van der Waals surface area contributed by atoms with Crippen LogP contribution in [0.25, 0.3) is 0 Å². The van der Waals surface area contributed by atoms with Gasteiger partial charge < -0.3 is 9.64 Å². The summed E-state index contributed by atoms with van der Waals surface area (Å²) in [5, 5.41) is 0. The van der Waals surface area contributed by atoms with E-state index >= 15 is 0 Å². The van der Waals surface area contributed by atoms with Crippen molar-refractivity contribution in [2.24, 2.45) is 0 Å². The van der Waals surface area contributed by atoms with E-state index in [1.165, 1.54) is 0 Å². The van der Waals surface area contributed by atoms with Gasteiger partial charge in [0.05, 0.1) is 6.61 Å². The fraction of sp³-hybridized carbons (Fsp3) is 0.588. The molecule has 20 heavy (non-hydrogen) atoms. The number of anilines is 1. The Balaban J connectivity index is 3.15. The summed E-state index contributed by atoms with van der Waals surface area (Å²) in [6.07, 6.45) is 2.67. The van der Waals surface area contributed by atoms with Crippen LogP contribution in [0.3, 0.4) is 0 Å². The summed E-state index contributed by atoms with van der Waals surface area (Å²) in [4.78, 5) is 14.5. The van der Waals surface area contributed by atoms with Crippen LogP contribution in [-0.4, -0.2) is 32.1 Å². The molecular formula is C17H27NO2. The Bertz CT molecular complexity index is 413. The molecule has 0 saturated heterocycles. The van der Waals surface area contributed by atoms with Crippen LogP contribution in [0.2, 0.25) is 0 Å². The second-order valence-electron chi connectivity index (χ2n) is 4.95. The largest absolute Gasteiger partial charge is 0.383 e. The van der Waals surface area contributed by atoms with Gasteiger partial charge in [0.25, 0.3) is 0 Å². The van der Waals surface area contributed by atoms with E-state index in [0.717, 1.165) is 30.6 Å². The lowest BCUT2D eigenvalue weighted by atomic mass is 10.0. The Kier molecular flexibility index (Phi) is 7.31. The quantitative estimate of drug-likeness (QED) is 0.641. The van der Waals surface area contributed by atoms with Gasteiger partial charge in [-0.25, -0.2) is 0 Å². The van der Waals surface area contributed by atoms with Crippen LogP contribution in [0.15, 0.2) is 24.3 Å². The molecule has 112 valence electrons. The lowest BCUT2D eigenvalue weighted by Crippen LogP contribution is -2.38. The third kappa shape index (κ3) is 4.07. The molecule has 0 aliphatic rings. The molecule has 0 saturated carbocycles. The molecular weight excluding hydrogens is 250 g/mol. The molecule has 0 aliphatic carbocycles. The number of rotatable bonds is 9. The van der Waals surface area contributed by atoms with Crippen LogP contribution in [0.1, 0.15) is 50.4 Å². The van der Waals surface area contributed by atoms with Gasteiger partial charge in [0, 0.05) is 37.4 Å². The molecule has 1 rings (SSSR count). The van der Waals surface area contributed by atoms with E-state index in [4.69, 9.17) is 4.74 Å². The molecule has 0 amide bonds. The van der Waals surface area contributed by atoms with E-state index in [1.807, 2.05) is 25.1 Å². The van der Waals surface area contributed by atoms with Crippen molar-refractivity contribution in [3.63, 3.8) is 0 Å². The molecule has 0 radical (unpaired) electrons. The van der Waals surface area contributed by atoms with Gasteiger partial charge in [-0.15, -0.1) is 0 Å². The van der Waals surface area contributed by atoms with Gasteiger partial charge in [-0.1, -0.05) is 32.9 Å². The van der Waals surface area contributed by atoms with Gasteiger partial charge in [0.15, 0.2) is 5.78 Å². The number of ether oxygens (including phenoxy) is 1. The Morgan fingerprint density at radius 3 is 2.40 bits per heavy atom. The number of benzene rings is 1. The highest BCUT2D eigenvalue weighted by molar-refractivity contribution is 6.01. The van der Waals surface area contributed by atoms with Gasteiger partial charge in [-0.2, -0.15) is 0 Å². The van der Waals surface area contributed by atoms with Crippen molar-refractivity contribution in [1.29, 1.82) is 0 Å². The van der Waals surface area contributed by atoms with Gasteiger partial charge in [-0.3, -0.25) is 4.79 Å². The normalized spacial score (nSPS) is 10.8. The van der Waals surface area contributed by atoms with Crippen LogP contribution in [0.4, 0.5) is 5.69 Å². The highest BCUT2D eigenvalue weighted by Crippen LogP contribution is 2.25. The molecule has 0 aromatic heterocycles. The number of carbonyl (C=O) groups excluding carboxylic acids is 1. The van der Waals surface area contributed by atoms with Crippen LogP contribution < -0.4 is 4.90 Å². The SMILES string of the molecule is CCC(=O)c1ccccc1N(CCOC)C(CC)CC. The third-order valence-electron chi connectivity index (χ3n) is 3.75. The lowest BCUT2D eigenvalue weighted by Gasteiger charge is -2.33. The van der Waals surface area contributed by atoms with Crippen LogP contribution in [0, 0.1) is 0 Å². The van der Waals surface area contributed by atoms with Gasteiger partial charge in [0.2, 0.25) is 0 Å². The zero-order chi connectivity index (χ0) is 15.0. The molecule has 0 atom stereocenters. The standard InChI is InChI=1S/C17H27NO2/c1-5-14(6-2)18(12-13-20-4)16-11-9-8-10-15(16)17(19)7-3/h8-11,14H,5-7,12-13H2,1-4H3. The number of ketones is 1. The molecule has 3 heteroatoms. The average molecular weight is 277 g/mol. The van der Waals surface area contributed by atoms with Crippen molar-refractivity contribution in [3.05, 3.63) is 29.8 Å². The Hall–Kier alpha value is -1.35. The second kappa shape index (κ2) is 8.75. The maximum atomic E-state index is 12.2. The first-order valence-electron chi connectivity index (χ1n) is 7.57. The summed E-state index contributed by atoms with van der Waals surface area (Å²) < 4.78 is 5.23. The summed E-state index contributed by atoms with van der Waals surface area (Å²) in [5.74, 6) is 0.203. The van der Waals surface area contributed by atoms with Crippen molar-refractivity contribution in [1.82, 2.24) is 0 Å². The van der Waals surface area contributed by atoms with Crippen molar-refractivity contribution in [3.8, 4) is 0 Å². The first kappa shape index (κ1) is 16.7. The number of nitrogens with zero attached hydrogens (tertiary/aromatic N) is 1. The van der Waals surface area contributed by atoms with E-state index < -0.39 is 0 Å². The van der Waals surface area contributed by atoms with E-state index in [9.17, 15) is 4.79 Å². The number of hydrogen-bond acceptors (Lipinski definition) is 3. The Morgan fingerprint density at radius 1 is 1.20 bits per heavy atom. The summed E-state index contributed by atoms with van der Waals surface area (Å²) in [7, 11) is 1.72. The van der Waals surface area contributed by atoms with E-state index in [0.29, 0.717) is 19.1 Å². The molecule has 0 heterocycles. The monoisotopic (exact) mass is 277 g/mol. The third-order valence-corrected chi connectivity index (χ3v) is 3.75.